The smallest absolute Gasteiger partial charge is 0.377 e. The van der Waals surface area contributed by atoms with Crippen molar-refractivity contribution >= 4 is 17.1 Å². The molecule has 0 radical (unpaired) electrons. The summed E-state index contributed by atoms with van der Waals surface area (Å²) in [5, 5.41) is 7.48. The summed E-state index contributed by atoms with van der Waals surface area (Å²) in [6.45, 7) is 2.22. The molecular weight excluding hydrogens is 312 g/mol. The first-order valence-corrected chi connectivity index (χ1v) is 7.81. The molecule has 0 spiro atoms. The van der Waals surface area contributed by atoms with Gasteiger partial charge in [0.2, 0.25) is 5.89 Å². The first kappa shape index (κ1) is 15.3. The van der Waals surface area contributed by atoms with Crippen LogP contribution in [0.5, 0.6) is 0 Å². The van der Waals surface area contributed by atoms with E-state index in [1.54, 1.807) is 0 Å². The Labute approximate surface area is 137 Å². The maximum Gasteiger partial charge on any atom is 0.377 e. The van der Waals surface area contributed by atoms with Crippen LogP contribution in [0.1, 0.15) is 11.1 Å². The van der Waals surface area contributed by atoms with Crippen LogP contribution in [0.4, 0.5) is 4.79 Å². The normalized spacial score (nSPS) is 10.5. The third kappa shape index (κ3) is 4.20. The molecule has 3 aromatic rings. The molecule has 0 aliphatic carbocycles. The van der Waals surface area contributed by atoms with E-state index in [1.165, 1.54) is 0 Å². The number of hydrogen-bond donors (Lipinski definition) is 0. The fourth-order valence-corrected chi connectivity index (χ4v) is 2.34. The van der Waals surface area contributed by atoms with Crippen LogP contribution in [-0.2, 0) is 11.3 Å². The Morgan fingerprint density at radius 1 is 1.09 bits per heavy atom. The molecule has 5 nitrogen and oxygen atoms in total. The van der Waals surface area contributed by atoms with Gasteiger partial charge in [-0.25, -0.2) is 4.79 Å². The highest BCUT2D eigenvalue weighted by molar-refractivity contribution is 8.13. The molecule has 0 unspecified atom stereocenters. The number of aryl methyl sites for hydroxylation is 1. The van der Waals surface area contributed by atoms with E-state index < -0.39 is 5.30 Å². The lowest BCUT2D eigenvalue weighted by Gasteiger charge is -2.02. The van der Waals surface area contributed by atoms with E-state index in [0.29, 0.717) is 5.89 Å². The van der Waals surface area contributed by atoms with E-state index in [2.05, 4.69) is 10.2 Å². The number of aromatic nitrogens is 2. The minimum absolute atomic E-state index is 0.165. The quantitative estimate of drug-likeness (QED) is 0.520. The van der Waals surface area contributed by atoms with Gasteiger partial charge in [0.25, 0.3) is 5.22 Å². The molecule has 0 saturated carbocycles. The van der Waals surface area contributed by atoms with Gasteiger partial charge in [0.05, 0.1) is 11.8 Å². The van der Waals surface area contributed by atoms with Gasteiger partial charge in [-0.05, 0) is 24.6 Å². The summed E-state index contributed by atoms with van der Waals surface area (Å²) in [4.78, 5) is 11.8. The average Bonchev–Trinajstić information content (AvgIpc) is 3.03. The topological polar surface area (TPSA) is 65.2 Å². The third-order valence-electron chi connectivity index (χ3n) is 3.08. The van der Waals surface area contributed by atoms with Crippen molar-refractivity contribution in [2.24, 2.45) is 0 Å². The highest BCUT2D eigenvalue weighted by Gasteiger charge is 2.14. The zero-order valence-electron chi connectivity index (χ0n) is 12.4. The summed E-state index contributed by atoms with van der Waals surface area (Å²) in [7, 11) is 0. The number of ether oxygens (including phenoxy) is 1. The third-order valence-corrected chi connectivity index (χ3v) is 3.70. The van der Waals surface area contributed by atoms with Crippen LogP contribution < -0.4 is 0 Å². The van der Waals surface area contributed by atoms with E-state index in [0.717, 1.165) is 28.5 Å². The molecule has 0 fully saturated rings. The van der Waals surface area contributed by atoms with Crippen LogP contribution in [0, 0.1) is 6.92 Å². The molecule has 1 heterocycles. The van der Waals surface area contributed by atoms with E-state index in [9.17, 15) is 4.79 Å². The number of carbonyl (C=O) groups excluding carboxylic acids is 1. The van der Waals surface area contributed by atoms with Gasteiger partial charge in [-0.3, -0.25) is 0 Å². The standard InChI is InChI=1S/C17H14N2O3S/c1-12-7-9-14(10-8-12)15-18-19-16(22-15)23-17(20)21-11-13-5-3-2-4-6-13/h2-10H,11H2,1H3. The van der Waals surface area contributed by atoms with Crippen molar-refractivity contribution in [2.75, 3.05) is 0 Å². The van der Waals surface area contributed by atoms with Crippen molar-refractivity contribution in [1.82, 2.24) is 10.2 Å². The molecule has 23 heavy (non-hydrogen) atoms. The molecule has 0 atom stereocenters. The molecule has 0 aliphatic heterocycles. The lowest BCUT2D eigenvalue weighted by Crippen LogP contribution is -1.97. The second-order valence-electron chi connectivity index (χ2n) is 4.87. The highest BCUT2D eigenvalue weighted by atomic mass is 32.2. The summed E-state index contributed by atoms with van der Waals surface area (Å²) in [6, 6.07) is 17.2. The van der Waals surface area contributed by atoms with Crippen molar-refractivity contribution in [3.05, 3.63) is 65.7 Å². The van der Waals surface area contributed by atoms with Crippen molar-refractivity contribution in [1.29, 1.82) is 0 Å². The van der Waals surface area contributed by atoms with Crippen LogP contribution in [0.15, 0.2) is 64.2 Å². The second kappa shape index (κ2) is 7.11. The van der Waals surface area contributed by atoms with Gasteiger partial charge in [0.15, 0.2) is 0 Å². The molecule has 1 aromatic heterocycles. The minimum Gasteiger partial charge on any atom is -0.452 e. The predicted octanol–water partition coefficient (Wildman–Crippen LogP) is 4.47. The van der Waals surface area contributed by atoms with Crippen LogP contribution in [-0.4, -0.2) is 15.5 Å². The highest BCUT2D eigenvalue weighted by Crippen LogP contribution is 2.24. The van der Waals surface area contributed by atoms with Crippen molar-refractivity contribution in [3.8, 4) is 11.5 Å². The molecule has 3 rings (SSSR count). The van der Waals surface area contributed by atoms with Gasteiger partial charge in [-0.1, -0.05) is 48.0 Å². The zero-order chi connectivity index (χ0) is 16.1. The molecule has 0 N–H and O–H groups in total. The number of carbonyl (C=O) groups is 1. The van der Waals surface area contributed by atoms with Gasteiger partial charge in [-0.2, -0.15) is 0 Å². The lowest BCUT2D eigenvalue weighted by atomic mass is 10.1. The Balaban J connectivity index is 1.58. The molecule has 116 valence electrons. The number of thioether (sulfide) groups is 1. The summed E-state index contributed by atoms with van der Waals surface area (Å²) >= 11 is 0.780. The number of nitrogens with zero attached hydrogens (tertiary/aromatic N) is 2. The Hall–Kier alpha value is -2.60. The molecular formula is C17H14N2O3S. The van der Waals surface area contributed by atoms with E-state index in [4.69, 9.17) is 9.15 Å². The van der Waals surface area contributed by atoms with Gasteiger partial charge < -0.3 is 9.15 Å². The van der Waals surface area contributed by atoms with E-state index in [-0.39, 0.29) is 11.8 Å². The van der Waals surface area contributed by atoms with Gasteiger partial charge >= 0.3 is 5.30 Å². The molecule has 0 aliphatic rings. The largest absolute Gasteiger partial charge is 0.452 e. The Morgan fingerprint density at radius 3 is 2.57 bits per heavy atom. The molecule has 0 bridgehead atoms. The number of benzene rings is 2. The summed E-state index contributed by atoms with van der Waals surface area (Å²) in [6.07, 6.45) is 0. The first-order chi connectivity index (χ1) is 11.2. The maximum atomic E-state index is 11.8. The lowest BCUT2D eigenvalue weighted by molar-refractivity contribution is 0.168. The first-order valence-electron chi connectivity index (χ1n) is 7.00. The monoisotopic (exact) mass is 326 g/mol. The number of hydrogen-bond acceptors (Lipinski definition) is 6. The Morgan fingerprint density at radius 2 is 1.83 bits per heavy atom. The van der Waals surface area contributed by atoms with E-state index >= 15 is 0 Å². The van der Waals surface area contributed by atoms with Crippen LogP contribution >= 0.6 is 11.8 Å². The summed E-state index contributed by atoms with van der Waals surface area (Å²) < 4.78 is 10.6. The maximum absolute atomic E-state index is 11.8. The summed E-state index contributed by atoms with van der Waals surface area (Å²) in [5.74, 6) is 0.378. The zero-order valence-corrected chi connectivity index (χ0v) is 13.2. The fraction of sp³-hybridized carbons (Fsp3) is 0.118. The Bertz CT molecular complexity index is 785. The molecule has 6 heteroatoms. The van der Waals surface area contributed by atoms with Crippen molar-refractivity contribution in [3.63, 3.8) is 0 Å². The van der Waals surface area contributed by atoms with E-state index in [1.807, 2.05) is 61.5 Å². The minimum atomic E-state index is -0.479. The fourth-order valence-electron chi connectivity index (χ4n) is 1.88. The Kier molecular flexibility index (Phi) is 4.73. The molecule has 2 aromatic carbocycles. The van der Waals surface area contributed by atoms with Crippen molar-refractivity contribution < 1.29 is 13.9 Å². The van der Waals surface area contributed by atoms with Crippen molar-refractivity contribution in [2.45, 2.75) is 18.8 Å². The molecule has 0 saturated heterocycles. The summed E-state index contributed by atoms with van der Waals surface area (Å²) in [5.41, 5.74) is 2.88. The average molecular weight is 326 g/mol. The van der Waals surface area contributed by atoms with Gasteiger partial charge in [-0.15, -0.1) is 10.2 Å². The van der Waals surface area contributed by atoms with Crippen LogP contribution in [0.25, 0.3) is 11.5 Å². The van der Waals surface area contributed by atoms with Crippen LogP contribution in [0.3, 0.4) is 0 Å². The second-order valence-corrected chi connectivity index (χ2v) is 5.75. The van der Waals surface area contributed by atoms with Gasteiger partial charge in [0.1, 0.15) is 6.61 Å². The SMILES string of the molecule is Cc1ccc(-c2nnc(SC(=O)OCc3ccccc3)o2)cc1. The van der Waals surface area contributed by atoms with Gasteiger partial charge in [0, 0.05) is 5.56 Å². The number of rotatable bonds is 4. The van der Waals surface area contributed by atoms with Crippen LogP contribution in [0.2, 0.25) is 0 Å². The predicted molar refractivity (Wildman–Crippen MR) is 87.0 cm³/mol. The molecule has 0 amide bonds.